The van der Waals surface area contributed by atoms with Crippen LogP contribution in [0.25, 0.3) is 10.8 Å². The average molecular weight is 230 g/mol. The minimum atomic E-state index is -1.20. The number of Topliss-reactive ketones (excluding diaryl/α,β-unsaturated/α-hetero) is 1. The molecule has 0 fully saturated rings. The first kappa shape index (κ1) is 11.1. The molecule has 2 N–H and O–H groups in total. The third-order valence-corrected chi connectivity index (χ3v) is 2.59. The second-order valence-corrected chi connectivity index (χ2v) is 3.79. The van der Waals surface area contributed by atoms with E-state index in [1.807, 2.05) is 0 Å². The summed E-state index contributed by atoms with van der Waals surface area (Å²) in [6.07, 6.45) is 0. The molecule has 2 rings (SSSR count). The third kappa shape index (κ3) is 1.97. The van der Waals surface area contributed by atoms with Crippen molar-refractivity contribution in [1.82, 2.24) is 0 Å². The number of carboxylic acid groups (broad SMARTS) is 1. The van der Waals surface area contributed by atoms with E-state index in [9.17, 15) is 14.7 Å². The maximum absolute atomic E-state index is 11.2. The molecule has 2 aromatic carbocycles. The Morgan fingerprint density at radius 1 is 1.06 bits per heavy atom. The number of hydrogen-bond donors (Lipinski definition) is 2. The van der Waals surface area contributed by atoms with Gasteiger partial charge in [0.25, 0.3) is 0 Å². The van der Waals surface area contributed by atoms with Crippen LogP contribution in [0.15, 0.2) is 30.3 Å². The zero-order valence-corrected chi connectivity index (χ0v) is 9.10. The molecule has 0 saturated carbocycles. The van der Waals surface area contributed by atoms with Gasteiger partial charge in [0.2, 0.25) is 0 Å². The molecular formula is C13H10O4. The quantitative estimate of drug-likeness (QED) is 0.777. The van der Waals surface area contributed by atoms with Crippen LogP contribution in [-0.4, -0.2) is 22.0 Å². The van der Waals surface area contributed by atoms with Gasteiger partial charge in [-0.05, 0) is 35.9 Å². The number of carbonyl (C=O) groups is 2. The predicted octanol–water partition coefficient (Wildman–Crippen LogP) is 2.45. The van der Waals surface area contributed by atoms with Gasteiger partial charge in [-0.3, -0.25) is 4.79 Å². The maximum Gasteiger partial charge on any atom is 0.339 e. The number of aromatic hydroxyl groups is 1. The smallest absolute Gasteiger partial charge is 0.339 e. The van der Waals surface area contributed by atoms with Crippen LogP contribution in [-0.2, 0) is 0 Å². The summed E-state index contributed by atoms with van der Waals surface area (Å²) in [6.45, 7) is 1.44. The van der Waals surface area contributed by atoms with Gasteiger partial charge in [0.1, 0.15) is 11.3 Å². The first-order chi connectivity index (χ1) is 7.99. The molecule has 0 amide bonds. The maximum atomic E-state index is 11.2. The Labute approximate surface area is 97.1 Å². The average Bonchev–Trinajstić information content (AvgIpc) is 2.27. The lowest BCUT2D eigenvalue weighted by Crippen LogP contribution is -1.97. The van der Waals surface area contributed by atoms with Crippen molar-refractivity contribution in [3.05, 3.63) is 41.5 Å². The fourth-order valence-electron chi connectivity index (χ4n) is 1.68. The third-order valence-electron chi connectivity index (χ3n) is 2.59. The van der Waals surface area contributed by atoms with Crippen LogP contribution in [0.2, 0.25) is 0 Å². The van der Waals surface area contributed by atoms with E-state index in [1.165, 1.54) is 19.1 Å². The molecule has 0 aliphatic rings. The lowest BCUT2D eigenvalue weighted by atomic mass is 10.0. The fourth-order valence-corrected chi connectivity index (χ4v) is 1.68. The summed E-state index contributed by atoms with van der Waals surface area (Å²) in [5.74, 6) is -1.56. The van der Waals surface area contributed by atoms with Crippen molar-refractivity contribution in [2.24, 2.45) is 0 Å². The SMILES string of the molecule is CC(=O)c1ccc2cc(O)c(C(=O)O)cc2c1. The predicted molar refractivity (Wildman–Crippen MR) is 62.6 cm³/mol. The Morgan fingerprint density at radius 3 is 2.35 bits per heavy atom. The van der Waals surface area contributed by atoms with Crippen molar-refractivity contribution in [3.63, 3.8) is 0 Å². The van der Waals surface area contributed by atoms with Crippen molar-refractivity contribution < 1.29 is 19.8 Å². The second kappa shape index (κ2) is 3.90. The summed E-state index contributed by atoms with van der Waals surface area (Å²) in [5, 5.41) is 19.7. The Morgan fingerprint density at radius 2 is 1.76 bits per heavy atom. The van der Waals surface area contributed by atoms with Crippen LogP contribution in [0, 0.1) is 0 Å². The Hall–Kier alpha value is -2.36. The molecule has 17 heavy (non-hydrogen) atoms. The van der Waals surface area contributed by atoms with Gasteiger partial charge in [0, 0.05) is 5.56 Å². The normalized spacial score (nSPS) is 10.4. The van der Waals surface area contributed by atoms with Gasteiger partial charge in [0.15, 0.2) is 5.78 Å². The van der Waals surface area contributed by atoms with Crippen LogP contribution < -0.4 is 0 Å². The second-order valence-electron chi connectivity index (χ2n) is 3.79. The summed E-state index contributed by atoms with van der Waals surface area (Å²) < 4.78 is 0. The van der Waals surface area contributed by atoms with Crippen LogP contribution in [0.4, 0.5) is 0 Å². The van der Waals surface area contributed by atoms with Crippen molar-refractivity contribution in [2.45, 2.75) is 6.92 Å². The van der Waals surface area contributed by atoms with Crippen LogP contribution >= 0.6 is 0 Å². The largest absolute Gasteiger partial charge is 0.507 e. The zero-order chi connectivity index (χ0) is 12.6. The van der Waals surface area contributed by atoms with Crippen molar-refractivity contribution >= 4 is 22.5 Å². The summed E-state index contributed by atoms with van der Waals surface area (Å²) in [7, 11) is 0. The Bertz CT molecular complexity index is 629. The lowest BCUT2D eigenvalue weighted by molar-refractivity contribution is 0.0693. The van der Waals surface area contributed by atoms with Gasteiger partial charge in [0.05, 0.1) is 0 Å². The molecular weight excluding hydrogens is 220 g/mol. The van der Waals surface area contributed by atoms with E-state index in [4.69, 9.17) is 5.11 Å². The molecule has 86 valence electrons. The van der Waals surface area contributed by atoms with E-state index in [0.717, 1.165) is 0 Å². The van der Waals surface area contributed by atoms with Crippen LogP contribution in [0.3, 0.4) is 0 Å². The number of rotatable bonds is 2. The summed E-state index contributed by atoms with van der Waals surface area (Å²) in [6, 6.07) is 7.67. The first-order valence-corrected chi connectivity index (χ1v) is 5.00. The number of carboxylic acids is 1. The lowest BCUT2D eigenvalue weighted by Gasteiger charge is -2.04. The van der Waals surface area contributed by atoms with Crippen molar-refractivity contribution in [3.8, 4) is 5.75 Å². The molecule has 0 heterocycles. The molecule has 0 aromatic heterocycles. The Balaban J connectivity index is 2.72. The van der Waals surface area contributed by atoms with E-state index in [0.29, 0.717) is 16.3 Å². The highest BCUT2D eigenvalue weighted by molar-refractivity contribution is 6.01. The molecule has 4 heteroatoms. The number of benzene rings is 2. The van der Waals surface area contributed by atoms with Crippen molar-refractivity contribution in [2.75, 3.05) is 0 Å². The number of carbonyl (C=O) groups excluding carboxylic acids is 1. The van der Waals surface area contributed by atoms with Gasteiger partial charge in [-0.25, -0.2) is 4.79 Å². The van der Waals surface area contributed by atoms with E-state index < -0.39 is 5.97 Å². The van der Waals surface area contributed by atoms with E-state index in [1.54, 1.807) is 18.2 Å². The highest BCUT2D eigenvalue weighted by Crippen LogP contribution is 2.26. The fraction of sp³-hybridized carbons (Fsp3) is 0.0769. The Kier molecular flexibility index (Phi) is 2.55. The van der Waals surface area contributed by atoms with Crippen LogP contribution in [0.5, 0.6) is 5.75 Å². The molecule has 0 aliphatic heterocycles. The minimum Gasteiger partial charge on any atom is -0.507 e. The summed E-state index contributed by atoms with van der Waals surface area (Å²) in [4.78, 5) is 22.1. The highest BCUT2D eigenvalue weighted by Gasteiger charge is 2.11. The topological polar surface area (TPSA) is 74.6 Å². The van der Waals surface area contributed by atoms with Crippen LogP contribution in [0.1, 0.15) is 27.6 Å². The van der Waals surface area contributed by atoms with E-state index >= 15 is 0 Å². The van der Waals surface area contributed by atoms with Gasteiger partial charge in [-0.15, -0.1) is 0 Å². The molecule has 0 aliphatic carbocycles. The van der Waals surface area contributed by atoms with E-state index in [-0.39, 0.29) is 17.1 Å². The first-order valence-electron chi connectivity index (χ1n) is 5.00. The van der Waals surface area contributed by atoms with Gasteiger partial charge in [-0.2, -0.15) is 0 Å². The number of phenols is 1. The molecule has 0 unspecified atom stereocenters. The number of aromatic carboxylic acids is 1. The minimum absolute atomic E-state index is 0.0862. The number of ketones is 1. The van der Waals surface area contributed by atoms with E-state index in [2.05, 4.69) is 0 Å². The number of hydrogen-bond acceptors (Lipinski definition) is 3. The molecule has 0 bridgehead atoms. The van der Waals surface area contributed by atoms with Gasteiger partial charge >= 0.3 is 5.97 Å². The molecule has 2 aromatic rings. The van der Waals surface area contributed by atoms with Crippen molar-refractivity contribution in [1.29, 1.82) is 0 Å². The van der Waals surface area contributed by atoms with Gasteiger partial charge < -0.3 is 10.2 Å². The summed E-state index contributed by atoms with van der Waals surface area (Å²) in [5.41, 5.74) is 0.345. The molecule has 0 saturated heterocycles. The molecule has 0 atom stereocenters. The number of fused-ring (bicyclic) bond motifs is 1. The molecule has 4 nitrogen and oxygen atoms in total. The highest BCUT2D eigenvalue weighted by atomic mass is 16.4. The monoisotopic (exact) mass is 230 g/mol. The standard InChI is InChI=1S/C13H10O4/c1-7(14)8-2-3-9-6-12(15)11(13(16)17)5-10(9)4-8/h2-6,15H,1H3,(H,16,17). The van der Waals surface area contributed by atoms with Gasteiger partial charge in [-0.1, -0.05) is 12.1 Å². The summed E-state index contributed by atoms with van der Waals surface area (Å²) >= 11 is 0. The molecule has 0 radical (unpaired) electrons. The molecule has 0 spiro atoms. The zero-order valence-electron chi connectivity index (χ0n) is 9.10.